The van der Waals surface area contributed by atoms with Crippen LogP contribution in [0.5, 0.6) is 0 Å². The number of carbonyl (C=O) groups excluding carboxylic acids is 1. The van der Waals surface area contributed by atoms with Gasteiger partial charge in [-0.2, -0.15) is 0 Å². The first-order chi connectivity index (χ1) is 8.31. The summed E-state index contributed by atoms with van der Waals surface area (Å²) in [5.41, 5.74) is 6.43. The van der Waals surface area contributed by atoms with Crippen LogP contribution in [0.4, 0.5) is 0 Å². The third-order valence-corrected chi connectivity index (χ3v) is 2.88. The van der Waals surface area contributed by atoms with Gasteiger partial charge in [0.25, 0.3) is 0 Å². The topological polar surface area (TPSA) is 68.5 Å². The Balaban J connectivity index is 1.99. The molecule has 5 heteroatoms. The average molecular weight is 235 g/mol. The van der Waals surface area contributed by atoms with Gasteiger partial charge in [0, 0.05) is 25.0 Å². The van der Waals surface area contributed by atoms with Crippen LogP contribution in [0.1, 0.15) is 5.69 Å². The maximum Gasteiger partial charge on any atom is 0.229 e. The molecule has 1 aliphatic rings. The quantitative estimate of drug-likeness (QED) is 0.788. The lowest BCUT2D eigenvalue weighted by atomic mass is 10.2. The van der Waals surface area contributed by atoms with E-state index in [-0.39, 0.29) is 11.9 Å². The van der Waals surface area contributed by atoms with E-state index in [0.717, 1.165) is 5.69 Å². The van der Waals surface area contributed by atoms with Crippen LogP contribution in [-0.2, 0) is 16.0 Å². The monoisotopic (exact) mass is 235 g/mol. The van der Waals surface area contributed by atoms with E-state index < -0.39 is 0 Å². The SMILES string of the molecule is NCC1COCCN1C(=O)Cc1ccccn1. The third kappa shape index (κ3) is 3.01. The molecular weight excluding hydrogens is 218 g/mol. The third-order valence-electron chi connectivity index (χ3n) is 2.88. The zero-order valence-corrected chi connectivity index (χ0v) is 9.71. The number of ether oxygens (including phenoxy) is 1. The highest BCUT2D eigenvalue weighted by atomic mass is 16.5. The largest absolute Gasteiger partial charge is 0.377 e. The van der Waals surface area contributed by atoms with Crippen molar-refractivity contribution in [3.05, 3.63) is 30.1 Å². The maximum absolute atomic E-state index is 12.1. The number of nitrogens with two attached hydrogens (primary N) is 1. The predicted molar refractivity (Wildman–Crippen MR) is 63.3 cm³/mol. The molecule has 1 atom stereocenters. The molecule has 5 nitrogen and oxygen atoms in total. The van der Waals surface area contributed by atoms with Gasteiger partial charge in [0.05, 0.1) is 25.7 Å². The fourth-order valence-corrected chi connectivity index (χ4v) is 1.94. The van der Waals surface area contributed by atoms with Crippen molar-refractivity contribution in [3.63, 3.8) is 0 Å². The Morgan fingerprint density at radius 1 is 1.59 bits per heavy atom. The fraction of sp³-hybridized carbons (Fsp3) is 0.500. The molecule has 2 heterocycles. The second-order valence-electron chi connectivity index (χ2n) is 4.05. The Labute approximate surface area is 101 Å². The van der Waals surface area contributed by atoms with Crippen LogP contribution in [-0.4, -0.2) is 48.1 Å². The van der Waals surface area contributed by atoms with Crippen LogP contribution < -0.4 is 5.73 Å². The van der Waals surface area contributed by atoms with E-state index in [1.165, 1.54) is 0 Å². The minimum absolute atomic E-state index is 0.0000350. The first-order valence-electron chi connectivity index (χ1n) is 5.78. The molecule has 1 amide bonds. The summed E-state index contributed by atoms with van der Waals surface area (Å²) >= 11 is 0. The Hall–Kier alpha value is -1.46. The van der Waals surface area contributed by atoms with E-state index in [2.05, 4.69) is 4.98 Å². The summed E-state index contributed by atoms with van der Waals surface area (Å²) in [6.45, 7) is 2.18. The lowest BCUT2D eigenvalue weighted by Crippen LogP contribution is -2.52. The molecule has 17 heavy (non-hydrogen) atoms. The van der Waals surface area contributed by atoms with E-state index in [1.54, 1.807) is 11.1 Å². The van der Waals surface area contributed by atoms with E-state index in [9.17, 15) is 4.79 Å². The van der Waals surface area contributed by atoms with Gasteiger partial charge in [-0.25, -0.2) is 0 Å². The summed E-state index contributed by atoms with van der Waals surface area (Å²) in [5, 5.41) is 0. The second-order valence-corrected chi connectivity index (χ2v) is 4.05. The Bertz CT molecular complexity index is 369. The summed E-state index contributed by atoms with van der Waals surface area (Å²) in [6.07, 6.45) is 2.03. The standard InChI is InChI=1S/C12H17N3O2/c13-8-11-9-17-6-5-15(11)12(16)7-10-3-1-2-4-14-10/h1-4,11H,5-9,13H2. The van der Waals surface area contributed by atoms with Gasteiger partial charge >= 0.3 is 0 Å². The van der Waals surface area contributed by atoms with E-state index >= 15 is 0 Å². The molecule has 1 aromatic rings. The predicted octanol–water partition coefficient (Wildman–Crippen LogP) is -0.190. The highest BCUT2D eigenvalue weighted by Gasteiger charge is 2.26. The number of nitrogens with zero attached hydrogens (tertiary/aromatic N) is 2. The Morgan fingerprint density at radius 3 is 3.18 bits per heavy atom. The number of hydrogen-bond donors (Lipinski definition) is 1. The maximum atomic E-state index is 12.1. The van der Waals surface area contributed by atoms with Crippen molar-refractivity contribution in [2.45, 2.75) is 12.5 Å². The van der Waals surface area contributed by atoms with Crippen molar-refractivity contribution < 1.29 is 9.53 Å². The smallest absolute Gasteiger partial charge is 0.229 e. The molecule has 92 valence electrons. The summed E-state index contributed by atoms with van der Waals surface area (Å²) in [6, 6.07) is 5.58. The number of hydrogen-bond acceptors (Lipinski definition) is 4. The molecule has 1 fully saturated rings. The molecular formula is C12H17N3O2. The van der Waals surface area contributed by atoms with Crippen molar-refractivity contribution in [1.82, 2.24) is 9.88 Å². The Morgan fingerprint density at radius 2 is 2.47 bits per heavy atom. The van der Waals surface area contributed by atoms with Gasteiger partial charge in [-0.15, -0.1) is 0 Å². The molecule has 0 saturated carbocycles. The van der Waals surface area contributed by atoms with Gasteiger partial charge in [-0.3, -0.25) is 9.78 Å². The number of rotatable bonds is 3. The van der Waals surface area contributed by atoms with Gasteiger partial charge in [0.2, 0.25) is 5.91 Å². The molecule has 1 unspecified atom stereocenters. The van der Waals surface area contributed by atoms with Crippen molar-refractivity contribution in [1.29, 1.82) is 0 Å². The lowest BCUT2D eigenvalue weighted by molar-refractivity contribution is -0.138. The fourth-order valence-electron chi connectivity index (χ4n) is 1.94. The molecule has 1 saturated heterocycles. The van der Waals surface area contributed by atoms with Crippen LogP contribution in [0.15, 0.2) is 24.4 Å². The van der Waals surface area contributed by atoms with Gasteiger partial charge in [0.1, 0.15) is 0 Å². The van der Waals surface area contributed by atoms with Gasteiger partial charge in [-0.1, -0.05) is 6.07 Å². The summed E-state index contributed by atoms with van der Waals surface area (Å²) in [4.78, 5) is 18.1. The molecule has 0 radical (unpaired) electrons. The van der Waals surface area contributed by atoms with Crippen LogP contribution in [0, 0.1) is 0 Å². The molecule has 1 aliphatic heterocycles. The zero-order valence-electron chi connectivity index (χ0n) is 9.71. The number of morpholine rings is 1. The number of aromatic nitrogens is 1. The van der Waals surface area contributed by atoms with Crippen molar-refractivity contribution in [3.8, 4) is 0 Å². The van der Waals surface area contributed by atoms with Gasteiger partial charge < -0.3 is 15.4 Å². The highest BCUT2D eigenvalue weighted by molar-refractivity contribution is 5.78. The minimum atomic E-state index is -0.0000350. The minimum Gasteiger partial charge on any atom is -0.377 e. The summed E-state index contributed by atoms with van der Waals surface area (Å²) in [7, 11) is 0. The van der Waals surface area contributed by atoms with E-state index in [0.29, 0.717) is 32.7 Å². The second kappa shape index (κ2) is 5.75. The molecule has 0 aromatic carbocycles. The molecule has 1 aromatic heterocycles. The molecule has 2 rings (SSSR count). The van der Waals surface area contributed by atoms with Crippen molar-refractivity contribution in [2.75, 3.05) is 26.3 Å². The van der Waals surface area contributed by atoms with Crippen LogP contribution in [0.3, 0.4) is 0 Å². The van der Waals surface area contributed by atoms with Crippen LogP contribution in [0.25, 0.3) is 0 Å². The average Bonchev–Trinajstić information content (AvgIpc) is 2.40. The first-order valence-corrected chi connectivity index (χ1v) is 5.78. The van der Waals surface area contributed by atoms with Gasteiger partial charge in [0.15, 0.2) is 0 Å². The number of pyridine rings is 1. The number of carbonyl (C=O) groups is 1. The first kappa shape index (κ1) is 12.0. The summed E-state index contributed by atoms with van der Waals surface area (Å²) in [5.74, 6) is 0.0717. The molecule has 2 N–H and O–H groups in total. The Kier molecular flexibility index (Phi) is 4.06. The van der Waals surface area contributed by atoms with E-state index in [1.807, 2.05) is 18.2 Å². The van der Waals surface area contributed by atoms with Crippen LogP contribution in [0.2, 0.25) is 0 Å². The zero-order chi connectivity index (χ0) is 12.1. The lowest BCUT2D eigenvalue weighted by Gasteiger charge is -2.34. The summed E-state index contributed by atoms with van der Waals surface area (Å²) < 4.78 is 5.31. The van der Waals surface area contributed by atoms with Crippen molar-refractivity contribution >= 4 is 5.91 Å². The highest BCUT2D eigenvalue weighted by Crippen LogP contribution is 2.08. The van der Waals surface area contributed by atoms with Crippen molar-refractivity contribution in [2.24, 2.45) is 5.73 Å². The molecule has 0 aliphatic carbocycles. The van der Waals surface area contributed by atoms with Crippen LogP contribution >= 0.6 is 0 Å². The normalized spacial score (nSPS) is 20.3. The number of amides is 1. The van der Waals surface area contributed by atoms with Gasteiger partial charge in [-0.05, 0) is 12.1 Å². The van der Waals surface area contributed by atoms with E-state index in [4.69, 9.17) is 10.5 Å². The molecule has 0 bridgehead atoms. The molecule has 0 spiro atoms.